The molecule has 5 nitrogen and oxygen atoms in total. The Morgan fingerprint density at radius 2 is 1.81 bits per heavy atom. The highest BCUT2D eigenvalue weighted by Crippen LogP contribution is 2.36. The SMILES string of the molecule is COc1ccc(S(=O)(=O)NC2CC=C(Oc3cc(C(F)(F)F)ccc3Cl)C=C2F)cc1. The van der Waals surface area contributed by atoms with E-state index in [9.17, 15) is 26.0 Å². The number of sulfonamides is 1. The summed E-state index contributed by atoms with van der Waals surface area (Å²) in [6.45, 7) is 0. The maximum atomic E-state index is 14.5. The van der Waals surface area contributed by atoms with E-state index >= 15 is 0 Å². The van der Waals surface area contributed by atoms with Crippen molar-refractivity contribution in [3.05, 3.63) is 76.8 Å². The number of ether oxygens (including phenoxy) is 2. The predicted octanol–water partition coefficient (Wildman–Crippen LogP) is 5.23. The molecule has 166 valence electrons. The first kappa shape index (κ1) is 23.1. The van der Waals surface area contributed by atoms with E-state index in [2.05, 4.69) is 4.72 Å². The van der Waals surface area contributed by atoms with Crippen LogP contribution >= 0.6 is 11.6 Å². The summed E-state index contributed by atoms with van der Waals surface area (Å²) in [6.07, 6.45) is -2.48. The highest BCUT2D eigenvalue weighted by Gasteiger charge is 2.31. The molecule has 31 heavy (non-hydrogen) atoms. The lowest BCUT2D eigenvalue weighted by Gasteiger charge is -2.21. The molecular weight excluding hydrogens is 462 g/mol. The molecular formula is C20H16ClF4NO4S. The van der Waals surface area contributed by atoms with E-state index in [0.717, 1.165) is 18.2 Å². The van der Waals surface area contributed by atoms with Gasteiger partial charge in [-0.3, -0.25) is 0 Å². The van der Waals surface area contributed by atoms with Crippen LogP contribution in [0.5, 0.6) is 11.5 Å². The van der Waals surface area contributed by atoms with Crippen LogP contribution in [0.15, 0.2) is 71.1 Å². The number of methoxy groups -OCH3 is 1. The zero-order valence-electron chi connectivity index (χ0n) is 15.9. The van der Waals surface area contributed by atoms with Gasteiger partial charge in [0.25, 0.3) is 0 Å². The van der Waals surface area contributed by atoms with Crippen LogP contribution in [0.2, 0.25) is 5.02 Å². The third-order valence-electron chi connectivity index (χ3n) is 4.32. The van der Waals surface area contributed by atoms with E-state index in [0.29, 0.717) is 11.8 Å². The normalized spacial score (nSPS) is 17.0. The molecule has 1 N–H and O–H groups in total. The average molecular weight is 478 g/mol. The van der Waals surface area contributed by atoms with Gasteiger partial charge in [0.15, 0.2) is 0 Å². The van der Waals surface area contributed by atoms with E-state index in [1.807, 2.05) is 0 Å². The molecule has 0 heterocycles. The van der Waals surface area contributed by atoms with Gasteiger partial charge in [0.2, 0.25) is 10.0 Å². The molecule has 0 aromatic heterocycles. The van der Waals surface area contributed by atoms with Crippen LogP contribution in [-0.4, -0.2) is 21.6 Å². The van der Waals surface area contributed by atoms with Gasteiger partial charge in [-0.15, -0.1) is 0 Å². The molecule has 0 amide bonds. The van der Waals surface area contributed by atoms with Gasteiger partial charge in [-0.1, -0.05) is 11.6 Å². The lowest BCUT2D eigenvalue weighted by Crippen LogP contribution is -2.36. The summed E-state index contributed by atoms with van der Waals surface area (Å²) in [7, 11) is -2.59. The minimum atomic E-state index is -4.60. The van der Waals surface area contributed by atoms with Crippen molar-refractivity contribution in [3.8, 4) is 11.5 Å². The van der Waals surface area contributed by atoms with Gasteiger partial charge in [-0.2, -0.15) is 13.2 Å². The van der Waals surface area contributed by atoms with Crippen molar-refractivity contribution in [1.29, 1.82) is 0 Å². The summed E-state index contributed by atoms with van der Waals surface area (Å²) in [5, 5.41) is -0.0926. The molecule has 0 aliphatic heterocycles. The van der Waals surface area contributed by atoms with Gasteiger partial charge >= 0.3 is 6.18 Å². The molecule has 0 fully saturated rings. The van der Waals surface area contributed by atoms with E-state index < -0.39 is 33.6 Å². The van der Waals surface area contributed by atoms with E-state index in [1.165, 1.54) is 37.5 Å². The standard InChI is InChI=1S/C20H16ClF4NO4S/c1-29-13-3-6-15(7-4-13)31(27,28)26-18-9-5-14(11-17(18)22)30-19-10-12(20(23,24)25)2-8-16(19)21/h2-8,10-11,18,26H,9H2,1H3. The maximum Gasteiger partial charge on any atom is 0.416 e. The van der Waals surface area contributed by atoms with Crippen LogP contribution in [0.1, 0.15) is 12.0 Å². The van der Waals surface area contributed by atoms with Crippen LogP contribution in [0, 0.1) is 0 Å². The Bertz CT molecular complexity index is 1130. The molecule has 2 aromatic rings. The van der Waals surface area contributed by atoms with E-state index in [1.54, 1.807) is 0 Å². The second-order valence-corrected chi connectivity index (χ2v) is 8.59. The second-order valence-electron chi connectivity index (χ2n) is 6.47. The molecule has 0 saturated carbocycles. The fourth-order valence-corrected chi connectivity index (χ4v) is 4.08. The van der Waals surface area contributed by atoms with Crippen molar-refractivity contribution in [2.45, 2.75) is 23.5 Å². The van der Waals surface area contributed by atoms with Crippen molar-refractivity contribution < 1.29 is 35.5 Å². The number of nitrogens with one attached hydrogen (secondary N) is 1. The number of halogens is 5. The molecule has 1 aliphatic carbocycles. The molecule has 1 unspecified atom stereocenters. The van der Waals surface area contributed by atoms with Gasteiger partial charge in [0.1, 0.15) is 23.1 Å². The summed E-state index contributed by atoms with van der Waals surface area (Å²) < 4.78 is 90.6. The third kappa shape index (κ3) is 5.57. The Morgan fingerprint density at radius 1 is 1.13 bits per heavy atom. The first-order chi connectivity index (χ1) is 14.5. The van der Waals surface area contributed by atoms with Crippen molar-refractivity contribution in [3.63, 3.8) is 0 Å². The summed E-state index contributed by atoms with van der Waals surface area (Å²) in [5.74, 6) is -0.805. The number of hydrogen-bond acceptors (Lipinski definition) is 4. The molecule has 0 bridgehead atoms. The van der Waals surface area contributed by atoms with Crippen LogP contribution in [-0.2, 0) is 16.2 Å². The lowest BCUT2D eigenvalue weighted by atomic mass is 10.1. The van der Waals surface area contributed by atoms with Crippen molar-refractivity contribution in [2.24, 2.45) is 0 Å². The lowest BCUT2D eigenvalue weighted by molar-refractivity contribution is -0.137. The second kappa shape index (κ2) is 8.89. The van der Waals surface area contributed by atoms with Gasteiger partial charge in [0.05, 0.1) is 28.6 Å². The molecule has 2 aromatic carbocycles. The number of rotatable bonds is 6. The topological polar surface area (TPSA) is 64.6 Å². The van der Waals surface area contributed by atoms with Gasteiger partial charge in [-0.25, -0.2) is 17.5 Å². The Labute approximate surface area is 181 Å². The predicted molar refractivity (Wildman–Crippen MR) is 106 cm³/mol. The van der Waals surface area contributed by atoms with E-state index in [-0.39, 0.29) is 27.8 Å². The Morgan fingerprint density at radius 3 is 2.39 bits per heavy atom. The van der Waals surface area contributed by atoms with Crippen molar-refractivity contribution >= 4 is 21.6 Å². The Hall–Kier alpha value is -2.56. The molecule has 0 radical (unpaired) electrons. The summed E-state index contributed by atoms with van der Waals surface area (Å²) in [6, 6.07) is 6.85. The molecule has 1 aliphatic rings. The number of hydrogen-bond donors (Lipinski definition) is 1. The zero-order chi connectivity index (χ0) is 22.8. The van der Waals surface area contributed by atoms with Gasteiger partial charge in [-0.05, 0) is 55.0 Å². The van der Waals surface area contributed by atoms with Crippen LogP contribution in [0.3, 0.4) is 0 Å². The smallest absolute Gasteiger partial charge is 0.416 e. The highest BCUT2D eigenvalue weighted by molar-refractivity contribution is 7.89. The largest absolute Gasteiger partial charge is 0.497 e. The fourth-order valence-electron chi connectivity index (χ4n) is 2.71. The summed E-state index contributed by atoms with van der Waals surface area (Å²) in [5.41, 5.74) is -0.974. The molecule has 0 saturated heterocycles. The fraction of sp³-hybridized carbons (Fsp3) is 0.200. The minimum Gasteiger partial charge on any atom is -0.497 e. The first-order valence-electron chi connectivity index (χ1n) is 8.78. The van der Waals surface area contributed by atoms with Crippen LogP contribution in [0.25, 0.3) is 0 Å². The van der Waals surface area contributed by atoms with Gasteiger partial charge in [0, 0.05) is 6.08 Å². The van der Waals surface area contributed by atoms with Crippen LogP contribution < -0.4 is 14.2 Å². The number of allylic oxidation sites excluding steroid dienone is 1. The van der Waals surface area contributed by atoms with E-state index in [4.69, 9.17) is 21.1 Å². The monoisotopic (exact) mass is 477 g/mol. The minimum absolute atomic E-state index is 0.0807. The number of alkyl halides is 3. The average Bonchev–Trinajstić information content (AvgIpc) is 2.71. The highest BCUT2D eigenvalue weighted by atomic mass is 35.5. The zero-order valence-corrected chi connectivity index (χ0v) is 17.5. The third-order valence-corrected chi connectivity index (χ3v) is 6.12. The van der Waals surface area contributed by atoms with Crippen molar-refractivity contribution in [1.82, 2.24) is 4.72 Å². The molecule has 11 heteroatoms. The quantitative estimate of drug-likeness (QED) is 0.578. The molecule has 3 rings (SSSR count). The molecule has 0 spiro atoms. The Kier molecular flexibility index (Phi) is 6.63. The maximum absolute atomic E-state index is 14.5. The Balaban J connectivity index is 1.73. The van der Waals surface area contributed by atoms with Crippen molar-refractivity contribution in [2.75, 3.05) is 7.11 Å². The van der Waals surface area contributed by atoms with Crippen LogP contribution in [0.4, 0.5) is 17.6 Å². The van der Waals surface area contributed by atoms with Gasteiger partial charge < -0.3 is 9.47 Å². The molecule has 1 atom stereocenters. The first-order valence-corrected chi connectivity index (χ1v) is 10.6. The summed E-state index contributed by atoms with van der Waals surface area (Å²) >= 11 is 5.87. The summed E-state index contributed by atoms with van der Waals surface area (Å²) in [4.78, 5) is -0.0807. The number of benzene rings is 2.